The predicted octanol–water partition coefficient (Wildman–Crippen LogP) is 0.976. The predicted molar refractivity (Wildman–Crippen MR) is 78.8 cm³/mol. The van der Waals surface area contributed by atoms with Gasteiger partial charge in [-0.3, -0.25) is 0 Å². The van der Waals surface area contributed by atoms with Crippen LogP contribution in [0, 0.1) is 0 Å². The maximum atomic E-state index is 11.7. The Balaban J connectivity index is 3.09. The summed E-state index contributed by atoms with van der Waals surface area (Å²) in [5.74, 6) is 0.957. The van der Waals surface area contributed by atoms with Crippen LogP contribution in [0.25, 0.3) is 0 Å². The molecule has 0 amide bonds. The molecule has 0 unspecified atom stereocenters. The molecule has 0 heterocycles. The fraction of sp³-hybridized carbons (Fsp3) is 0.455. The number of nitrogens with two attached hydrogens (primary N) is 1. The van der Waals surface area contributed by atoms with E-state index in [0.717, 1.165) is 18.0 Å². The summed E-state index contributed by atoms with van der Waals surface area (Å²) < 4.78 is 25.7. The van der Waals surface area contributed by atoms with Crippen molar-refractivity contribution in [1.29, 1.82) is 0 Å². The van der Waals surface area contributed by atoms with Crippen molar-refractivity contribution < 1.29 is 8.42 Å². The van der Waals surface area contributed by atoms with Crippen LogP contribution in [0.4, 0.5) is 11.4 Å². The SMILES string of the molecule is CNS(=O)(=O)c1ccc(N)c(N(C)CCSC)c1. The molecule has 0 radical (unpaired) electrons. The molecule has 1 aromatic rings. The second-order valence-electron chi connectivity index (χ2n) is 3.84. The number of rotatable bonds is 6. The third-order valence-electron chi connectivity index (χ3n) is 2.62. The maximum Gasteiger partial charge on any atom is 0.240 e. The van der Waals surface area contributed by atoms with Crippen molar-refractivity contribution in [2.45, 2.75) is 4.90 Å². The summed E-state index contributed by atoms with van der Waals surface area (Å²) in [6.07, 6.45) is 2.03. The molecule has 7 heteroatoms. The van der Waals surface area contributed by atoms with Crippen molar-refractivity contribution in [3.8, 4) is 0 Å². The quantitative estimate of drug-likeness (QED) is 0.763. The second kappa shape index (κ2) is 6.31. The zero-order valence-electron chi connectivity index (χ0n) is 10.8. The molecule has 0 atom stereocenters. The highest BCUT2D eigenvalue weighted by Crippen LogP contribution is 2.25. The normalized spacial score (nSPS) is 11.5. The van der Waals surface area contributed by atoms with Crippen molar-refractivity contribution in [2.75, 3.05) is 43.3 Å². The van der Waals surface area contributed by atoms with Crippen molar-refractivity contribution in [3.05, 3.63) is 18.2 Å². The van der Waals surface area contributed by atoms with Gasteiger partial charge < -0.3 is 10.6 Å². The van der Waals surface area contributed by atoms with Gasteiger partial charge in [0.15, 0.2) is 0 Å². The third kappa shape index (κ3) is 3.54. The minimum atomic E-state index is -3.43. The molecule has 0 bridgehead atoms. The molecule has 18 heavy (non-hydrogen) atoms. The molecule has 102 valence electrons. The van der Waals surface area contributed by atoms with Crippen molar-refractivity contribution in [3.63, 3.8) is 0 Å². The fourth-order valence-electron chi connectivity index (χ4n) is 1.49. The lowest BCUT2D eigenvalue weighted by atomic mass is 10.2. The Kier molecular flexibility index (Phi) is 5.30. The van der Waals surface area contributed by atoms with Crippen LogP contribution in [0.5, 0.6) is 0 Å². The number of benzene rings is 1. The van der Waals surface area contributed by atoms with Crippen molar-refractivity contribution in [1.82, 2.24) is 4.72 Å². The van der Waals surface area contributed by atoms with Gasteiger partial charge in [0.1, 0.15) is 0 Å². The van der Waals surface area contributed by atoms with E-state index < -0.39 is 10.0 Å². The average Bonchev–Trinajstić information content (AvgIpc) is 2.36. The first-order valence-electron chi connectivity index (χ1n) is 5.45. The van der Waals surface area contributed by atoms with Gasteiger partial charge in [-0.2, -0.15) is 11.8 Å². The van der Waals surface area contributed by atoms with Gasteiger partial charge in [0.2, 0.25) is 10.0 Å². The van der Waals surface area contributed by atoms with Crippen LogP contribution in [-0.4, -0.2) is 41.1 Å². The van der Waals surface area contributed by atoms with Gasteiger partial charge in [0, 0.05) is 19.3 Å². The van der Waals surface area contributed by atoms with Crippen LogP contribution < -0.4 is 15.4 Å². The number of nitrogens with one attached hydrogen (secondary N) is 1. The first-order valence-corrected chi connectivity index (χ1v) is 8.33. The standard InChI is InChI=1S/C11H19N3O2S2/c1-13-18(15,16)9-4-5-10(12)11(8-9)14(2)6-7-17-3/h4-5,8,13H,6-7,12H2,1-3H3. The lowest BCUT2D eigenvalue weighted by Gasteiger charge is -2.21. The van der Waals surface area contributed by atoms with E-state index in [9.17, 15) is 8.42 Å². The van der Waals surface area contributed by atoms with Gasteiger partial charge in [-0.25, -0.2) is 13.1 Å². The van der Waals surface area contributed by atoms with Crippen LogP contribution in [0.15, 0.2) is 23.1 Å². The Morgan fingerprint density at radius 1 is 1.44 bits per heavy atom. The number of sulfonamides is 1. The molecule has 0 fully saturated rings. The van der Waals surface area contributed by atoms with E-state index >= 15 is 0 Å². The summed E-state index contributed by atoms with van der Waals surface area (Å²) in [5, 5.41) is 0. The van der Waals surface area contributed by atoms with Gasteiger partial charge in [0.25, 0.3) is 0 Å². The molecule has 0 aliphatic carbocycles. The summed E-state index contributed by atoms with van der Waals surface area (Å²) in [7, 11) is -0.137. The second-order valence-corrected chi connectivity index (χ2v) is 6.71. The van der Waals surface area contributed by atoms with Gasteiger partial charge in [0.05, 0.1) is 16.3 Å². The Hall–Kier alpha value is -0.920. The largest absolute Gasteiger partial charge is 0.397 e. The Morgan fingerprint density at radius 3 is 2.67 bits per heavy atom. The Bertz CT molecular complexity index is 503. The topological polar surface area (TPSA) is 75.4 Å². The highest BCUT2D eigenvalue weighted by Gasteiger charge is 2.14. The van der Waals surface area contributed by atoms with Crippen LogP contribution >= 0.6 is 11.8 Å². The van der Waals surface area contributed by atoms with Gasteiger partial charge in [-0.05, 0) is 31.5 Å². The number of thioether (sulfide) groups is 1. The lowest BCUT2D eigenvalue weighted by Crippen LogP contribution is -2.23. The van der Waals surface area contributed by atoms with E-state index in [-0.39, 0.29) is 4.90 Å². The first kappa shape index (κ1) is 15.1. The van der Waals surface area contributed by atoms with Crippen LogP contribution in [-0.2, 0) is 10.0 Å². The van der Waals surface area contributed by atoms with Crippen molar-refractivity contribution in [2.24, 2.45) is 0 Å². The van der Waals surface area contributed by atoms with E-state index in [1.165, 1.54) is 13.1 Å². The number of hydrogen-bond donors (Lipinski definition) is 2. The zero-order valence-corrected chi connectivity index (χ0v) is 12.4. The van der Waals surface area contributed by atoms with E-state index in [1.54, 1.807) is 23.9 Å². The molecule has 0 saturated heterocycles. The van der Waals surface area contributed by atoms with E-state index in [0.29, 0.717) is 5.69 Å². The minimum Gasteiger partial charge on any atom is -0.397 e. The number of anilines is 2. The monoisotopic (exact) mass is 289 g/mol. The summed E-state index contributed by atoms with van der Waals surface area (Å²) in [5.41, 5.74) is 7.20. The van der Waals surface area contributed by atoms with Gasteiger partial charge in [-0.1, -0.05) is 0 Å². The van der Waals surface area contributed by atoms with E-state index in [2.05, 4.69) is 4.72 Å². The molecule has 5 nitrogen and oxygen atoms in total. The molecular formula is C11H19N3O2S2. The zero-order chi connectivity index (χ0) is 13.8. The maximum absolute atomic E-state index is 11.7. The Morgan fingerprint density at radius 2 is 2.11 bits per heavy atom. The van der Waals surface area contributed by atoms with E-state index in [4.69, 9.17) is 5.73 Å². The highest BCUT2D eigenvalue weighted by molar-refractivity contribution is 7.98. The van der Waals surface area contributed by atoms with Crippen molar-refractivity contribution >= 4 is 33.2 Å². The molecule has 1 aromatic carbocycles. The smallest absolute Gasteiger partial charge is 0.240 e. The first-order chi connectivity index (χ1) is 8.42. The summed E-state index contributed by atoms with van der Waals surface area (Å²) in [6.45, 7) is 0.814. The highest BCUT2D eigenvalue weighted by atomic mass is 32.2. The lowest BCUT2D eigenvalue weighted by molar-refractivity contribution is 0.588. The van der Waals surface area contributed by atoms with Crippen LogP contribution in [0.2, 0.25) is 0 Å². The molecule has 0 saturated carbocycles. The number of nitrogens with zero attached hydrogens (tertiary/aromatic N) is 1. The summed E-state index contributed by atoms with van der Waals surface area (Å²) in [6, 6.07) is 4.73. The minimum absolute atomic E-state index is 0.227. The molecular weight excluding hydrogens is 270 g/mol. The molecule has 3 N–H and O–H groups in total. The average molecular weight is 289 g/mol. The van der Waals surface area contributed by atoms with Gasteiger partial charge >= 0.3 is 0 Å². The molecule has 0 aliphatic rings. The molecule has 0 aromatic heterocycles. The van der Waals surface area contributed by atoms with Gasteiger partial charge in [-0.15, -0.1) is 0 Å². The molecule has 1 rings (SSSR count). The Labute approximate surface area is 113 Å². The summed E-state index contributed by atoms with van der Waals surface area (Å²) in [4.78, 5) is 2.19. The van der Waals surface area contributed by atoms with Crippen LogP contribution in [0.1, 0.15) is 0 Å². The number of nitrogen functional groups attached to an aromatic ring is 1. The van der Waals surface area contributed by atoms with E-state index in [1.807, 2.05) is 18.2 Å². The fourth-order valence-corrected chi connectivity index (χ4v) is 2.69. The molecule has 0 spiro atoms. The number of hydrogen-bond acceptors (Lipinski definition) is 5. The molecule has 0 aliphatic heterocycles. The summed E-state index contributed by atoms with van der Waals surface area (Å²) >= 11 is 1.73. The third-order valence-corrected chi connectivity index (χ3v) is 4.63. The van der Waals surface area contributed by atoms with Crippen LogP contribution in [0.3, 0.4) is 0 Å².